The van der Waals surface area contributed by atoms with Crippen LogP contribution in [0.4, 0.5) is 5.69 Å². The molecule has 0 radical (unpaired) electrons. The number of carbonyl (C=O) groups is 1. The lowest BCUT2D eigenvalue weighted by Crippen LogP contribution is -2.45. The molecule has 19 heavy (non-hydrogen) atoms. The van der Waals surface area contributed by atoms with Crippen molar-refractivity contribution in [3.05, 3.63) is 23.2 Å². The predicted octanol–water partition coefficient (Wildman–Crippen LogP) is 2.92. The van der Waals surface area contributed by atoms with Gasteiger partial charge in [-0.2, -0.15) is 0 Å². The Labute approximate surface area is 117 Å². The number of hydrogen-bond donors (Lipinski definition) is 2. The number of fused-ring (bicyclic) bond motifs is 1. The fraction of sp³-hybridized carbons (Fsp3) is 0.429. The molecular weight excluding hydrogens is 258 g/mol. The average Bonchev–Trinajstić information content (AvgIpc) is 2.66. The number of aryl methyl sites for hydroxylation is 1. The molecular formula is C14H19N3OS. The zero-order chi connectivity index (χ0) is 14.2. The van der Waals surface area contributed by atoms with Crippen molar-refractivity contribution in [2.24, 2.45) is 11.1 Å². The first-order valence-electron chi connectivity index (χ1n) is 6.21. The lowest BCUT2D eigenvalue weighted by molar-refractivity contribution is -0.119. The molecule has 4 nitrogen and oxygen atoms in total. The molecule has 0 aliphatic carbocycles. The second-order valence-electron chi connectivity index (χ2n) is 5.75. The van der Waals surface area contributed by atoms with Gasteiger partial charge in [0, 0.05) is 5.69 Å². The van der Waals surface area contributed by atoms with Gasteiger partial charge in [-0.15, -0.1) is 11.3 Å². The molecule has 0 aliphatic rings. The van der Waals surface area contributed by atoms with Crippen LogP contribution in [0, 0.1) is 12.3 Å². The molecule has 102 valence electrons. The molecule has 0 spiro atoms. The van der Waals surface area contributed by atoms with Crippen molar-refractivity contribution < 1.29 is 4.79 Å². The molecule has 2 rings (SSSR count). The summed E-state index contributed by atoms with van der Waals surface area (Å²) >= 11 is 1.61. The zero-order valence-corrected chi connectivity index (χ0v) is 12.5. The van der Waals surface area contributed by atoms with Crippen LogP contribution in [0.15, 0.2) is 18.2 Å². The summed E-state index contributed by atoms with van der Waals surface area (Å²) in [5.74, 6) is -0.159. The molecule has 1 atom stereocenters. The number of hydrogen-bond acceptors (Lipinski definition) is 4. The first-order chi connectivity index (χ1) is 8.77. The van der Waals surface area contributed by atoms with Gasteiger partial charge in [0.15, 0.2) is 0 Å². The fourth-order valence-corrected chi connectivity index (χ4v) is 2.60. The van der Waals surface area contributed by atoms with E-state index in [1.165, 1.54) is 0 Å². The second-order valence-corrected chi connectivity index (χ2v) is 6.98. The maximum Gasteiger partial charge on any atom is 0.241 e. The standard InChI is InChI=1S/C14H19N3OS/c1-8-16-10-6-5-9(7-11(10)19-8)17-13(18)12(15)14(2,3)4/h5-7,12H,15H2,1-4H3,(H,17,18)/t12-/m1/s1. The van der Waals surface area contributed by atoms with Gasteiger partial charge in [-0.05, 0) is 30.5 Å². The molecule has 1 aromatic heterocycles. The summed E-state index contributed by atoms with van der Waals surface area (Å²) in [7, 11) is 0. The van der Waals surface area contributed by atoms with Crippen LogP contribution >= 0.6 is 11.3 Å². The van der Waals surface area contributed by atoms with Crippen LogP contribution in [-0.2, 0) is 4.79 Å². The minimum Gasteiger partial charge on any atom is -0.325 e. The predicted molar refractivity (Wildman–Crippen MR) is 80.4 cm³/mol. The molecule has 0 bridgehead atoms. The van der Waals surface area contributed by atoms with Crippen LogP contribution in [0.3, 0.4) is 0 Å². The Morgan fingerprint density at radius 2 is 2.11 bits per heavy atom. The van der Waals surface area contributed by atoms with Crippen molar-refractivity contribution >= 4 is 33.1 Å². The summed E-state index contributed by atoms with van der Waals surface area (Å²) in [6, 6.07) is 5.17. The maximum atomic E-state index is 12.1. The second kappa shape index (κ2) is 4.90. The van der Waals surface area contributed by atoms with E-state index in [1.807, 2.05) is 45.9 Å². The molecule has 0 fully saturated rings. The number of nitrogens with zero attached hydrogens (tertiary/aromatic N) is 1. The van der Waals surface area contributed by atoms with Crippen molar-refractivity contribution in [3.8, 4) is 0 Å². The van der Waals surface area contributed by atoms with Crippen molar-refractivity contribution in [1.29, 1.82) is 0 Å². The van der Waals surface area contributed by atoms with Crippen LogP contribution in [0.1, 0.15) is 25.8 Å². The molecule has 0 saturated carbocycles. The highest BCUT2D eigenvalue weighted by molar-refractivity contribution is 7.18. The van der Waals surface area contributed by atoms with E-state index in [1.54, 1.807) is 11.3 Å². The molecule has 1 aromatic carbocycles. The summed E-state index contributed by atoms with van der Waals surface area (Å²) in [6.45, 7) is 7.82. The third-order valence-corrected chi connectivity index (χ3v) is 3.91. The van der Waals surface area contributed by atoms with E-state index in [0.717, 1.165) is 20.9 Å². The van der Waals surface area contributed by atoms with E-state index in [4.69, 9.17) is 5.73 Å². The Balaban J connectivity index is 2.19. The fourth-order valence-electron chi connectivity index (χ4n) is 1.73. The van der Waals surface area contributed by atoms with Crippen molar-refractivity contribution in [2.45, 2.75) is 33.7 Å². The van der Waals surface area contributed by atoms with Gasteiger partial charge in [0.25, 0.3) is 0 Å². The maximum absolute atomic E-state index is 12.1. The Morgan fingerprint density at radius 3 is 2.74 bits per heavy atom. The number of carbonyl (C=O) groups excluding carboxylic acids is 1. The summed E-state index contributed by atoms with van der Waals surface area (Å²) in [6.07, 6.45) is 0. The highest BCUT2D eigenvalue weighted by atomic mass is 32.1. The van der Waals surface area contributed by atoms with Crippen molar-refractivity contribution in [1.82, 2.24) is 4.98 Å². The molecule has 0 unspecified atom stereocenters. The minimum atomic E-state index is -0.536. The molecule has 0 aliphatic heterocycles. The highest BCUT2D eigenvalue weighted by Crippen LogP contribution is 2.25. The van der Waals surface area contributed by atoms with Gasteiger partial charge in [-0.1, -0.05) is 20.8 Å². The van der Waals surface area contributed by atoms with E-state index in [9.17, 15) is 4.79 Å². The summed E-state index contributed by atoms with van der Waals surface area (Å²) in [4.78, 5) is 16.4. The van der Waals surface area contributed by atoms with Crippen LogP contribution < -0.4 is 11.1 Å². The number of nitrogens with one attached hydrogen (secondary N) is 1. The molecule has 2 aromatic rings. The Bertz CT molecular complexity index is 613. The molecule has 0 saturated heterocycles. The number of thiazole rings is 1. The number of rotatable bonds is 2. The summed E-state index contributed by atoms with van der Waals surface area (Å²) in [5, 5.41) is 3.88. The summed E-state index contributed by atoms with van der Waals surface area (Å²) < 4.78 is 1.07. The van der Waals surface area contributed by atoms with Gasteiger partial charge in [-0.25, -0.2) is 4.98 Å². The normalized spacial score (nSPS) is 13.5. The Kier molecular flexibility index (Phi) is 3.60. The van der Waals surface area contributed by atoms with Gasteiger partial charge in [0.2, 0.25) is 5.91 Å². The Hall–Kier alpha value is -1.46. The highest BCUT2D eigenvalue weighted by Gasteiger charge is 2.27. The Morgan fingerprint density at radius 1 is 1.42 bits per heavy atom. The van der Waals surface area contributed by atoms with Gasteiger partial charge in [0.1, 0.15) is 0 Å². The van der Waals surface area contributed by atoms with Crippen LogP contribution in [-0.4, -0.2) is 16.9 Å². The number of nitrogens with two attached hydrogens (primary N) is 1. The number of amides is 1. The van der Waals surface area contributed by atoms with Gasteiger partial charge in [-0.3, -0.25) is 4.79 Å². The third kappa shape index (κ3) is 3.11. The lowest BCUT2D eigenvalue weighted by Gasteiger charge is -2.25. The van der Waals surface area contributed by atoms with E-state index < -0.39 is 6.04 Å². The van der Waals surface area contributed by atoms with Crippen molar-refractivity contribution in [3.63, 3.8) is 0 Å². The summed E-state index contributed by atoms with van der Waals surface area (Å²) in [5.41, 5.74) is 7.41. The van der Waals surface area contributed by atoms with Crippen LogP contribution in [0.2, 0.25) is 0 Å². The average molecular weight is 277 g/mol. The van der Waals surface area contributed by atoms with E-state index in [-0.39, 0.29) is 11.3 Å². The van der Waals surface area contributed by atoms with E-state index >= 15 is 0 Å². The van der Waals surface area contributed by atoms with Crippen molar-refractivity contribution in [2.75, 3.05) is 5.32 Å². The van der Waals surface area contributed by atoms with E-state index in [0.29, 0.717) is 0 Å². The van der Waals surface area contributed by atoms with Gasteiger partial charge >= 0.3 is 0 Å². The quantitative estimate of drug-likeness (QED) is 0.887. The third-order valence-electron chi connectivity index (χ3n) is 2.98. The minimum absolute atomic E-state index is 0.159. The largest absolute Gasteiger partial charge is 0.325 e. The molecule has 1 heterocycles. The SMILES string of the molecule is Cc1nc2ccc(NC(=O)[C@@H](N)C(C)(C)C)cc2s1. The molecule has 5 heteroatoms. The van der Waals surface area contributed by atoms with E-state index in [2.05, 4.69) is 10.3 Å². The monoisotopic (exact) mass is 277 g/mol. The molecule has 3 N–H and O–H groups in total. The number of benzene rings is 1. The number of anilines is 1. The van der Waals surface area contributed by atoms with Crippen LogP contribution in [0.25, 0.3) is 10.2 Å². The smallest absolute Gasteiger partial charge is 0.241 e. The van der Waals surface area contributed by atoms with Crippen LogP contribution in [0.5, 0.6) is 0 Å². The molecule has 1 amide bonds. The van der Waals surface area contributed by atoms with Gasteiger partial charge in [0.05, 0.1) is 21.3 Å². The number of aromatic nitrogens is 1. The first kappa shape index (κ1) is 14.0. The first-order valence-corrected chi connectivity index (χ1v) is 7.02. The topological polar surface area (TPSA) is 68.0 Å². The lowest BCUT2D eigenvalue weighted by atomic mass is 9.87. The zero-order valence-electron chi connectivity index (χ0n) is 11.7. The van der Waals surface area contributed by atoms with Gasteiger partial charge < -0.3 is 11.1 Å².